The van der Waals surface area contributed by atoms with Gasteiger partial charge in [-0.1, -0.05) is 23.7 Å². The van der Waals surface area contributed by atoms with Gasteiger partial charge in [0.25, 0.3) is 0 Å². The Balaban J connectivity index is 2.12. The smallest absolute Gasteiger partial charge is 0.106 e. The molecular formula is C13H18ClNO2. The van der Waals surface area contributed by atoms with Gasteiger partial charge in [-0.25, -0.2) is 0 Å². The zero-order valence-corrected chi connectivity index (χ0v) is 10.9. The third-order valence-electron chi connectivity index (χ3n) is 3.19. The molecule has 2 rings (SSSR count). The van der Waals surface area contributed by atoms with Gasteiger partial charge in [0, 0.05) is 18.1 Å². The number of aryl methyl sites for hydroxylation is 1. The van der Waals surface area contributed by atoms with Crippen molar-refractivity contribution in [2.24, 2.45) is 0 Å². The van der Waals surface area contributed by atoms with Crippen LogP contribution in [0.3, 0.4) is 0 Å². The molecule has 17 heavy (non-hydrogen) atoms. The number of aliphatic hydroxyl groups excluding tert-OH is 1. The molecule has 3 nitrogen and oxygen atoms in total. The summed E-state index contributed by atoms with van der Waals surface area (Å²) in [5.41, 5.74) is 1.84. The number of aliphatic hydroxyl groups is 1. The maximum Gasteiger partial charge on any atom is 0.106 e. The summed E-state index contributed by atoms with van der Waals surface area (Å²) < 4.78 is 5.60. The Morgan fingerprint density at radius 1 is 1.53 bits per heavy atom. The maximum absolute atomic E-state index is 10.3. The topological polar surface area (TPSA) is 32.7 Å². The predicted molar refractivity (Wildman–Crippen MR) is 68.4 cm³/mol. The SMILES string of the molecule is Cc1ccc(C(O)C2CN(C)CCO2)cc1Cl. The zero-order valence-electron chi connectivity index (χ0n) is 10.2. The molecule has 2 unspecified atom stereocenters. The number of rotatable bonds is 2. The van der Waals surface area contributed by atoms with Gasteiger partial charge in [-0.2, -0.15) is 0 Å². The molecule has 2 atom stereocenters. The molecule has 1 saturated heterocycles. The van der Waals surface area contributed by atoms with Crippen LogP contribution in [0.2, 0.25) is 5.02 Å². The van der Waals surface area contributed by atoms with Crippen molar-refractivity contribution in [3.63, 3.8) is 0 Å². The minimum atomic E-state index is -0.615. The van der Waals surface area contributed by atoms with Crippen LogP contribution in [0.1, 0.15) is 17.2 Å². The van der Waals surface area contributed by atoms with Crippen LogP contribution in [0.15, 0.2) is 18.2 Å². The van der Waals surface area contributed by atoms with E-state index in [9.17, 15) is 5.11 Å². The molecule has 0 aliphatic carbocycles. The van der Waals surface area contributed by atoms with Gasteiger partial charge in [0.15, 0.2) is 0 Å². The molecule has 0 amide bonds. The van der Waals surface area contributed by atoms with E-state index in [0.717, 1.165) is 24.2 Å². The molecular weight excluding hydrogens is 238 g/mol. The first-order chi connectivity index (χ1) is 8.08. The van der Waals surface area contributed by atoms with Crippen molar-refractivity contribution in [1.82, 2.24) is 4.90 Å². The number of hydrogen-bond acceptors (Lipinski definition) is 3. The number of benzene rings is 1. The van der Waals surface area contributed by atoms with Crippen molar-refractivity contribution in [3.05, 3.63) is 34.3 Å². The van der Waals surface area contributed by atoms with E-state index in [1.807, 2.05) is 32.2 Å². The number of halogens is 1. The average Bonchev–Trinajstić information content (AvgIpc) is 2.32. The van der Waals surface area contributed by atoms with E-state index in [1.165, 1.54) is 0 Å². The zero-order chi connectivity index (χ0) is 12.4. The van der Waals surface area contributed by atoms with Crippen LogP contribution in [-0.2, 0) is 4.74 Å². The summed E-state index contributed by atoms with van der Waals surface area (Å²) in [7, 11) is 2.03. The second-order valence-corrected chi connectivity index (χ2v) is 5.03. The van der Waals surface area contributed by atoms with Gasteiger partial charge in [-0.15, -0.1) is 0 Å². The summed E-state index contributed by atoms with van der Waals surface area (Å²) in [4.78, 5) is 2.16. The molecule has 0 saturated carbocycles. The van der Waals surface area contributed by atoms with E-state index >= 15 is 0 Å². The van der Waals surface area contributed by atoms with Gasteiger partial charge in [0.1, 0.15) is 12.2 Å². The van der Waals surface area contributed by atoms with Gasteiger partial charge < -0.3 is 14.7 Å². The first-order valence-corrected chi connectivity index (χ1v) is 6.20. The van der Waals surface area contributed by atoms with Crippen molar-refractivity contribution in [3.8, 4) is 0 Å². The predicted octanol–water partition coefficient (Wildman–Crippen LogP) is 2.01. The second kappa shape index (κ2) is 5.36. The first kappa shape index (κ1) is 12.8. The molecule has 0 aromatic heterocycles. The number of nitrogens with zero attached hydrogens (tertiary/aromatic N) is 1. The third-order valence-corrected chi connectivity index (χ3v) is 3.59. The van der Waals surface area contributed by atoms with E-state index in [-0.39, 0.29) is 6.10 Å². The highest BCUT2D eigenvalue weighted by molar-refractivity contribution is 6.31. The van der Waals surface area contributed by atoms with Crippen molar-refractivity contribution in [1.29, 1.82) is 0 Å². The fraction of sp³-hybridized carbons (Fsp3) is 0.538. The number of morpholine rings is 1. The summed E-state index contributed by atoms with van der Waals surface area (Å²) in [6.45, 7) is 4.27. The van der Waals surface area contributed by atoms with Gasteiger partial charge >= 0.3 is 0 Å². The highest BCUT2D eigenvalue weighted by atomic mass is 35.5. The molecule has 0 radical (unpaired) electrons. The van der Waals surface area contributed by atoms with Gasteiger partial charge in [-0.3, -0.25) is 0 Å². The summed E-state index contributed by atoms with van der Waals surface area (Å²) >= 11 is 6.06. The fourth-order valence-electron chi connectivity index (χ4n) is 2.01. The lowest BCUT2D eigenvalue weighted by Gasteiger charge is -2.33. The third kappa shape index (κ3) is 2.99. The summed E-state index contributed by atoms with van der Waals surface area (Å²) in [5, 5.41) is 11.0. The molecule has 94 valence electrons. The lowest BCUT2D eigenvalue weighted by atomic mass is 10.0. The number of ether oxygens (including phenoxy) is 1. The molecule has 1 aliphatic rings. The maximum atomic E-state index is 10.3. The van der Waals surface area contributed by atoms with Crippen molar-refractivity contribution < 1.29 is 9.84 Å². The number of hydrogen-bond donors (Lipinski definition) is 1. The van der Waals surface area contributed by atoms with Crippen LogP contribution in [-0.4, -0.2) is 42.9 Å². The minimum Gasteiger partial charge on any atom is -0.386 e. The molecule has 1 aromatic rings. The van der Waals surface area contributed by atoms with Crippen molar-refractivity contribution in [2.45, 2.75) is 19.1 Å². The molecule has 0 bridgehead atoms. The fourth-order valence-corrected chi connectivity index (χ4v) is 2.20. The highest BCUT2D eigenvalue weighted by Crippen LogP contribution is 2.26. The Hall–Kier alpha value is -0.610. The molecule has 4 heteroatoms. The van der Waals surface area contributed by atoms with Gasteiger partial charge in [-0.05, 0) is 31.2 Å². The lowest BCUT2D eigenvalue weighted by molar-refractivity contribution is -0.0844. The Kier molecular flexibility index (Phi) is 4.05. The monoisotopic (exact) mass is 255 g/mol. The van der Waals surface area contributed by atoms with Crippen molar-refractivity contribution >= 4 is 11.6 Å². The van der Waals surface area contributed by atoms with Crippen LogP contribution in [0.5, 0.6) is 0 Å². The largest absolute Gasteiger partial charge is 0.386 e. The summed E-state index contributed by atoms with van der Waals surface area (Å²) in [6, 6.07) is 5.65. The molecule has 0 spiro atoms. The van der Waals surface area contributed by atoms with E-state index in [2.05, 4.69) is 4.90 Å². The molecule has 1 heterocycles. The van der Waals surface area contributed by atoms with Crippen LogP contribution >= 0.6 is 11.6 Å². The van der Waals surface area contributed by atoms with E-state index in [1.54, 1.807) is 0 Å². The quantitative estimate of drug-likeness (QED) is 0.878. The molecule has 1 aliphatic heterocycles. The molecule has 1 N–H and O–H groups in total. The summed E-state index contributed by atoms with van der Waals surface area (Å²) in [6.07, 6.45) is -0.789. The Bertz CT molecular complexity index is 397. The standard InChI is InChI=1S/C13H18ClNO2/c1-9-3-4-10(7-11(9)14)13(16)12-8-15(2)5-6-17-12/h3-4,7,12-13,16H,5-6,8H2,1-2H3. The van der Waals surface area contributed by atoms with Gasteiger partial charge in [0.2, 0.25) is 0 Å². The van der Waals surface area contributed by atoms with E-state index in [0.29, 0.717) is 11.6 Å². The van der Waals surface area contributed by atoms with Crippen LogP contribution < -0.4 is 0 Å². The van der Waals surface area contributed by atoms with Gasteiger partial charge in [0.05, 0.1) is 6.61 Å². The first-order valence-electron chi connectivity index (χ1n) is 5.82. The summed E-state index contributed by atoms with van der Waals surface area (Å²) in [5.74, 6) is 0. The number of likely N-dealkylation sites (N-methyl/N-ethyl adjacent to an activating group) is 1. The Morgan fingerprint density at radius 2 is 2.29 bits per heavy atom. The highest BCUT2D eigenvalue weighted by Gasteiger charge is 2.26. The Labute approximate surface area is 107 Å². The Morgan fingerprint density at radius 3 is 2.94 bits per heavy atom. The second-order valence-electron chi connectivity index (χ2n) is 4.62. The average molecular weight is 256 g/mol. The van der Waals surface area contributed by atoms with Crippen molar-refractivity contribution in [2.75, 3.05) is 26.7 Å². The lowest BCUT2D eigenvalue weighted by Crippen LogP contribution is -2.42. The molecule has 1 aromatic carbocycles. The van der Waals surface area contributed by atoms with Crippen LogP contribution in [0, 0.1) is 6.92 Å². The van der Waals surface area contributed by atoms with Crippen LogP contribution in [0.25, 0.3) is 0 Å². The molecule has 1 fully saturated rings. The normalized spacial score (nSPS) is 23.6. The minimum absolute atomic E-state index is 0.174. The van der Waals surface area contributed by atoms with E-state index in [4.69, 9.17) is 16.3 Å². The van der Waals surface area contributed by atoms with E-state index < -0.39 is 6.10 Å². The van der Waals surface area contributed by atoms with Crippen LogP contribution in [0.4, 0.5) is 0 Å².